The summed E-state index contributed by atoms with van der Waals surface area (Å²) in [5.74, 6) is -0.463. The number of sulfonamides is 1. The summed E-state index contributed by atoms with van der Waals surface area (Å²) in [6.45, 7) is 0. The van der Waals surface area contributed by atoms with Crippen LogP contribution in [0.5, 0.6) is 0 Å². The van der Waals surface area contributed by atoms with E-state index in [1.54, 1.807) is 0 Å². The second-order valence-electron chi connectivity index (χ2n) is 4.58. The van der Waals surface area contributed by atoms with Crippen LogP contribution in [0, 0.1) is 5.82 Å². The summed E-state index contributed by atoms with van der Waals surface area (Å²) in [5.41, 5.74) is 0. The Morgan fingerprint density at radius 1 is 1.11 bits per heavy atom. The SMILES string of the molecule is O=S(=O)(N[C@H]1CC[C@H](O)CC1)c1ccc(F)cc1. The molecule has 1 aromatic carbocycles. The molecule has 0 atom stereocenters. The van der Waals surface area contributed by atoms with Gasteiger partial charge in [-0.25, -0.2) is 17.5 Å². The zero-order valence-electron chi connectivity index (χ0n) is 9.84. The summed E-state index contributed by atoms with van der Waals surface area (Å²) in [6.07, 6.45) is 2.15. The highest BCUT2D eigenvalue weighted by molar-refractivity contribution is 7.89. The van der Waals surface area contributed by atoms with Crippen molar-refractivity contribution in [1.82, 2.24) is 4.72 Å². The van der Waals surface area contributed by atoms with Crippen LogP contribution in [0.2, 0.25) is 0 Å². The highest BCUT2D eigenvalue weighted by Gasteiger charge is 2.24. The van der Waals surface area contributed by atoms with E-state index in [1.165, 1.54) is 12.1 Å². The molecule has 0 spiro atoms. The molecule has 100 valence electrons. The van der Waals surface area contributed by atoms with E-state index in [4.69, 9.17) is 0 Å². The van der Waals surface area contributed by atoms with Crippen LogP contribution in [-0.4, -0.2) is 25.7 Å². The second-order valence-corrected chi connectivity index (χ2v) is 6.29. The molecule has 1 saturated carbocycles. The molecule has 2 N–H and O–H groups in total. The summed E-state index contributed by atoms with van der Waals surface area (Å²) in [5, 5.41) is 9.35. The third-order valence-electron chi connectivity index (χ3n) is 3.14. The maximum absolute atomic E-state index is 12.7. The molecule has 0 heterocycles. The van der Waals surface area contributed by atoms with Crippen molar-refractivity contribution in [1.29, 1.82) is 0 Å². The molecule has 2 rings (SSSR count). The zero-order chi connectivity index (χ0) is 13.2. The van der Waals surface area contributed by atoms with Crippen molar-refractivity contribution < 1.29 is 17.9 Å². The molecule has 0 bridgehead atoms. The molecule has 1 aromatic rings. The minimum absolute atomic E-state index is 0.0648. The van der Waals surface area contributed by atoms with Gasteiger partial charge in [-0.1, -0.05) is 0 Å². The Bertz CT molecular complexity index is 493. The number of halogens is 1. The highest BCUT2D eigenvalue weighted by atomic mass is 32.2. The van der Waals surface area contributed by atoms with Crippen LogP contribution < -0.4 is 4.72 Å². The van der Waals surface area contributed by atoms with E-state index in [0.717, 1.165) is 12.1 Å². The second kappa shape index (κ2) is 5.34. The first kappa shape index (κ1) is 13.5. The Hall–Kier alpha value is -0.980. The molecule has 0 radical (unpaired) electrons. The van der Waals surface area contributed by atoms with Crippen LogP contribution in [-0.2, 0) is 10.0 Å². The zero-order valence-corrected chi connectivity index (χ0v) is 10.7. The number of nitrogens with one attached hydrogen (secondary N) is 1. The van der Waals surface area contributed by atoms with Crippen molar-refractivity contribution in [3.05, 3.63) is 30.1 Å². The lowest BCUT2D eigenvalue weighted by molar-refractivity contribution is 0.120. The van der Waals surface area contributed by atoms with E-state index in [0.29, 0.717) is 25.7 Å². The fourth-order valence-corrected chi connectivity index (χ4v) is 3.40. The summed E-state index contributed by atoms with van der Waals surface area (Å²) in [4.78, 5) is 0.0648. The summed E-state index contributed by atoms with van der Waals surface area (Å²) in [6, 6.07) is 4.59. The van der Waals surface area contributed by atoms with Gasteiger partial charge in [0.2, 0.25) is 10.0 Å². The molecule has 0 aliphatic heterocycles. The van der Waals surface area contributed by atoms with Gasteiger partial charge in [-0.2, -0.15) is 0 Å². The summed E-state index contributed by atoms with van der Waals surface area (Å²) >= 11 is 0. The van der Waals surface area contributed by atoms with E-state index < -0.39 is 15.8 Å². The number of aliphatic hydroxyl groups is 1. The van der Waals surface area contributed by atoms with Crippen molar-refractivity contribution in [3.63, 3.8) is 0 Å². The predicted molar refractivity (Wildman–Crippen MR) is 65.0 cm³/mol. The van der Waals surface area contributed by atoms with Gasteiger partial charge in [0.25, 0.3) is 0 Å². The van der Waals surface area contributed by atoms with Crippen molar-refractivity contribution >= 4 is 10.0 Å². The van der Waals surface area contributed by atoms with E-state index in [1.807, 2.05) is 0 Å². The van der Waals surface area contributed by atoms with Gasteiger partial charge in [0.15, 0.2) is 0 Å². The third-order valence-corrected chi connectivity index (χ3v) is 4.68. The molecular weight excluding hydrogens is 257 g/mol. The number of aliphatic hydroxyl groups excluding tert-OH is 1. The number of hydrogen-bond donors (Lipinski definition) is 2. The molecule has 0 amide bonds. The average Bonchev–Trinajstić information content (AvgIpc) is 2.32. The number of hydrogen-bond acceptors (Lipinski definition) is 3. The van der Waals surface area contributed by atoms with Gasteiger partial charge in [-0.05, 0) is 49.9 Å². The first-order valence-corrected chi connectivity index (χ1v) is 7.41. The van der Waals surface area contributed by atoms with Crippen LogP contribution in [0.1, 0.15) is 25.7 Å². The summed E-state index contributed by atoms with van der Waals surface area (Å²) < 4.78 is 39.3. The van der Waals surface area contributed by atoms with Gasteiger partial charge in [0.05, 0.1) is 11.0 Å². The molecule has 1 aliphatic rings. The minimum Gasteiger partial charge on any atom is -0.393 e. The first-order chi connectivity index (χ1) is 8.47. The lowest BCUT2D eigenvalue weighted by atomic mass is 9.94. The highest BCUT2D eigenvalue weighted by Crippen LogP contribution is 2.20. The fourth-order valence-electron chi connectivity index (χ4n) is 2.09. The molecule has 0 aromatic heterocycles. The smallest absolute Gasteiger partial charge is 0.240 e. The van der Waals surface area contributed by atoms with Gasteiger partial charge in [-0.3, -0.25) is 0 Å². The Morgan fingerprint density at radius 3 is 2.22 bits per heavy atom. The minimum atomic E-state index is -3.59. The maximum atomic E-state index is 12.7. The Morgan fingerprint density at radius 2 is 1.67 bits per heavy atom. The van der Waals surface area contributed by atoms with Crippen molar-refractivity contribution in [2.75, 3.05) is 0 Å². The van der Waals surface area contributed by atoms with E-state index in [-0.39, 0.29) is 17.0 Å². The Kier molecular flexibility index (Phi) is 3.99. The van der Waals surface area contributed by atoms with E-state index in [2.05, 4.69) is 4.72 Å². The van der Waals surface area contributed by atoms with Crippen LogP contribution >= 0.6 is 0 Å². The molecule has 1 aliphatic carbocycles. The third kappa shape index (κ3) is 3.28. The predicted octanol–water partition coefficient (Wildman–Crippen LogP) is 1.41. The van der Waals surface area contributed by atoms with Crippen LogP contribution in [0.25, 0.3) is 0 Å². The van der Waals surface area contributed by atoms with Gasteiger partial charge < -0.3 is 5.11 Å². The van der Waals surface area contributed by atoms with Crippen LogP contribution in [0.3, 0.4) is 0 Å². The van der Waals surface area contributed by atoms with Crippen LogP contribution in [0.15, 0.2) is 29.2 Å². The monoisotopic (exact) mass is 273 g/mol. The van der Waals surface area contributed by atoms with Crippen molar-refractivity contribution in [3.8, 4) is 0 Å². The Labute approximate surface area is 106 Å². The average molecular weight is 273 g/mol. The van der Waals surface area contributed by atoms with Crippen LogP contribution in [0.4, 0.5) is 4.39 Å². The van der Waals surface area contributed by atoms with Gasteiger partial charge in [0.1, 0.15) is 5.82 Å². The lowest BCUT2D eigenvalue weighted by Gasteiger charge is -2.25. The molecule has 18 heavy (non-hydrogen) atoms. The van der Waals surface area contributed by atoms with Crippen molar-refractivity contribution in [2.24, 2.45) is 0 Å². The molecular formula is C12H16FNO3S. The largest absolute Gasteiger partial charge is 0.393 e. The quantitative estimate of drug-likeness (QED) is 0.875. The van der Waals surface area contributed by atoms with Gasteiger partial charge in [-0.15, -0.1) is 0 Å². The van der Waals surface area contributed by atoms with Gasteiger partial charge >= 0.3 is 0 Å². The Balaban J connectivity index is 2.05. The fraction of sp³-hybridized carbons (Fsp3) is 0.500. The number of rotatable bonds is 3. The molecule has 0 saturated heterocycles. The topological polar surface area (TPSA) is 66.4 Å². The standard InChI is InChI=1S/C12H16FNO3S/c13-9-1-7-12(8-2-9)18(16,17)14-10-3-5-11(15)6-4-10/h1-2,7-8,10-11,14-15H,3-6H2/t10-,11-. The molecule has 6 heteroatoms. The maximum Gasteiger partial charge on any atom is 0.240 e. The lowest BCUT2D eigenvalue weighted by Crippen LogP contribution is -2.38. The normalized spacial score (nSPS) is 25.0. The van der Waals surface area contributed by atoms with Gasteiger partial charge in [0, 0.05) is 6.04 Å². The van der Waals surface area contributed by atoms with Crippen molar-refractivity contribution in [2.45, 2.75) is 42.7 Å². The molecule has 0 unspecified atom stereocenters. The van der Waals surface area contributed by atoms with E-state index in [9.17, 15) is 17.9 Å². The number of benzene rings is 1. The first-order valence-electron chi connectivity index (χ1n) is 5.93. The molecule has 1 fully saturated rings. The van der Waals surface area contributed by atoms with E-state index >= 15 is 0 Å². The molecule has 4 nitrogen and oxygen atoms in total. The summed E-state index contributed by atoms with van der Waals surface area (Å²) in [7, 11) is -3.59.